The van der Waals surface area contributed by atoms with Crippen LogP contribution in [0.4, 0.5) is 0 Å². The van der Waals surface area contributed by atoms with Gasteiger partial charge in [-0.1, -0.05) is 215 Å². The predicted molar refractivity (Wildman–Crippen MR) is 331 cm³/mol. The zero-order valence-electron chi connectivity index (χ0n) is 54.2. The van der Waals surface area contributed by atoms with Crippen molar-refractivity contribution in [2.75, 3.05) is 0 Å². The van der Waals surface area contributed by atoms with Crippen LogP contribution < -0.4 is 0 Å². The summed E-state index contributed by atoms with van der Waals surface area (Å²) >= 11 is 0. The summed E-state index contributed by atoms with van der Waals surface area (Å²) in [7, 11) is 0. The van der Waals surface area contributed by atoms with Gasteiger partial charge in [0.05, 0.1) is 0 Å². The first-order valence-corrected chi connectivity index (χ1v) is 34.4. The molecule has 15 atom stereocenters. The van der Waals surface area contributed by atoms with Crippen molar-refractivity contribution in [1.29, 1.82) is 0 Å². The van der Waals surface area contributed by atoms with E-state index in [1.54, 1.807) is 0 Å². The highest BCUT2D eigenvalue weighted by molar-refractivity contribution is 4.86. The summed E-state index contributed by atoms with van der Waals surface area (Å²) in [6.45, 7) is 49.0. The molecule has 0 radical (unpaired) electrons. The number of rotatable bonds is 14. The third kappa shape index (κ3) is 30.2. The van der Waals surface area contributed by atoms with E-state index in [1.165, 1.54) is 199 Å². The van der Waals surface area contributed by atoms with Crippen LogP contribution in [0.25, 0.3) is 0 Å². The topological polar surface area (TPSA) is 0 Å². The van der Waals surface area contributed by atoms with Gasteiger partial charge in [0.15, 0.2) is 0 Å². The van der Waals surface area contributed by atoms with E-state index in [0.717, 1.165) is 136 Å². The van der Waals surface area contributed by atoms with Gasteiger partial charge in [-0.15, -0.1) is 0 Å². The number of hydrogen-bond acceptors (Lipinski definition) is 0. The summed E-state index contributed by atoms with van der Waals surface area (Å²) in [4.78, 5) is 0. The van der Waals surface area contributed by atoms with Crippen molar-refractivity contribution in [1.82, 2.24) is 0 Å². The van der Waals surface area contributed by atoms with Crippen LogP contribution in [0.5, 0.6) is 0 Å². The molecule has 0 nitrogen and oxygen atoms in total. The molecule has 3 rings (SSSR count). The molecule has 0 heteroatoms. The maximum atomic E-state index is 2.69. The molecule has 434 valence electrons. The average molecular weight is 1020 g/mol. The summed E-state index contributed by atoms with van der Waals surface area (Å²) in [6.07, 6.45) is 45.9. The smallest absolute Gasteiger partial charge is 0.0381 e. The summed E-state index contributed by atoms with van der Waals surface area (Å²) in [5, 5.41) is 0. The van der Waals surface area contributed by atoms with Crippen LogP contribution in [-0.4, -0.2) is 0 Å². The standard InChI is InChI=1S/C73H142/c1-51(2)33-64-39-57(13)27-29-59(15)41-66(35-53(5)6)47-72(70-23-20-21-24-70)48-67(36-54(7)8)42-61(17)31-32-62(18)44-69(38-56(11)12)50-73(71-25-22-26-71)49-68(37-55(9)10)43-60(16)30-28-58(14)40-65(34-52(3)4)46-63(19)45-64/h51-73H,20-50H2,1-19H3. The molecule has 0 saturated heterocycles. The Hall–Kier alpha value is 0. The Morgan fingerprint density at radius 1 is 0.205 bits per heavy atom. The van der Waals surface area contributed by atoms with Crippen LogP contribution in [0.1, 0.15) is 331 Å². The summed E-state index contributed by atoms with van der Waals surface area (Å²) < 4.78 is 0. The molecule has 0 bridgehead atoms. The molecule has 3 aliphatic carbocycles. The van der Waals surface area contributed by atoms with Crippen molar-refractivity contribution in [3.8, 4) is 0 Å². The monoisotopic (exact) mass is 1020 g/mol. The van der Waals surface area contributed by atoms with Crippen molar-refractivity contribution in [3.63, 3.8) is 0 Å². The second-order valence-electron chi connectivity index (χ2n) is 32.5. The Kier molecular flexibility index (Phi) is 33.4. The minimum atomic E-state index is 0.806. The fraction of sp³-hybridized carbons (Fsp3) is 1.00. The molecule has 0 aromatic rings. The molecule has 0 N–H and O–H groups in total. The SMILES string of the molecule is CC(C)CC1CC(C)CCC(C)CC(CC(C)C)CC(C2CCCC2)CC(CC(C)C)CC(C)CCC(C)CC(CC(C)C)CC(C2CCC2)CC(CC(C)C)CC(C)CCC(C)CC(CC(C)C)CC(C)C1. The quantitative estimate of drug-likeness (QED) is 0.163. The molecular weight excluding hydrogens is 877 g/mol. The molecule has 0 amide bonds. The lowest BCUT2D eigenvalue weighted by atomic mass is 9.66. The second-order valence-corrected chi connectivity index (χ2v) is 32.5. The molecular formula is C73H142. The van der Waals surface area contributed by atoms with E-state index >= 15 is 0 Å². The minimum absolute atomic E-state index is 0.806. The molecule has 3 fully saturated rings. The third-order valence-corrected chi connectivity index (χ3v) is 20.6. The largest absolute Gasteiger partial charge is 0.0628 e. The van der Waals surface area contributed by atoms with Gasteiger partial charge < -0.3 is 0 Å². The van der Waals surface area contributed by atoms with E-state index in [-0.39, 0.29) is 0 Å². The van der Waals surface area contributed by atoms with Gasteiger partial charge in [-0.3, -0.25) is 0 Å². The van der Waals surface area contributed by atoms with Crippen LogP contribution in [0.3, 0.4) is 0 Å². The lowest BCUT2D eigenvalue weighted by Gasteiger charge is -2.39. The molecule has 0 heterocycles. The normalized spacial score (nSPS) is 35.9. The van der Waals surface area contributed by atoms with Crippen molar-refractivity contribution in [2.24, 2.45) is 136 Å². The second kappa shape index (κ2) is 36.3. The lowest BCUT2D eigenvalue weighted by Crippen LogP contribution is -2.28. The maximum absolute atomic E-state index is 2.69. The van der Waals surface area contributed by atoms with E-state index in [4.69, 9.17) is 0 Å². The van der Waals surface area contributed by atoms with Crippen molar-refractivity contribution >= 4 is 0 Å². The highest BCUT2D eigenvalue weighted by Gasteiger charge is 2.35. The molecule has 0 aromatic heterocycles. The van der Waals surface area contributed by atoms with Gasteiger partial charge in [0, 0.05) is 0 Å². The molecule has 0 aliphatic heterocycles. The van der Waals surface area contributed by atoms with Gasteiger partial charge in [-0.2, -0.15) is 0 Å². The van der Waals surface area contributed by atoms with Gasteiger partial charge in [0.1, 0.15) is 0 Å². The van der Waals surface area contributed by atoms with Crippen molar-refractivity contribution in [3.05, 3.63) is 0 Å². The van der Waals surface area contributed by atoms with E-state index in [1.807, 2.05) is 0 Å². The zero-order valence-corrected chi connectivity index (χ0v) is 54.2. The zero-order chi connectivity index (χ0) is 54.2. The van der Waals surface area contributed by atoms with Crippen molar-refractivity contribution < 1.29 is 0 Å². The highest BCUT2D eigenvalue weighted by atomic mass is 14.4. The van der Waals surface area contributed by atoms with Crippen LogP contribution in [-0.2, 0) is 0 Å². The van der Waals surface area contributed by atoms with Crippen LogP contribution in [0, 0.1) is 136 Å². The first kappa shape index (κ1) is 67.3. The van der Waals surface area contributed by atoms with E-state index < -0.39 is 0 Å². The Labute approximate surface area is 464 Å². The Balaban J connectivity index is 1.93. The average Bonchev–Trinajstić information content (AvgIpc) is 3.77. The summed E-state index contributed by atoms with van der Waals surface area (Å²) in [5.74, 6) is 20.2. The molecule has 0 aromatic carbocycles. The van der Waals surface area contributed by atoms with Crippen LogP contribution >= 0.6 is 0 Å². The molecule has 0 spiro atoms. The Morgan fingerprint density at radius 3 is 0.562 bits per heavy atom. The Bertz CT molecular complexity index is 1310. The van der Waals surface area contributed by atoms with Gasteiger partial charge >= 0.3 is 0 Å². The van der Waals surface area contributed by atoms with Gasteiger partial charge in [-0.05, 0) is 252 Å². The molecule has 15 unspecified atom stereocenters. The molecule has 73 heavy (non-hydrogen) atoms. The predicted octanol–water partition coefficient (Wildman–Crippen LogP) is 24.7. The van der Waals surface area contributed by atoms with Crippen molar-refractivity contribution in [2.45, 2.75) is 331 Å². The Morgan fingerprint density at radius 2 is 0.384 bits per heavy atom. The first-order valence-electron chi connectivity index (χ1n) is 34.4. The fourth-order valence-corrected chi connectivity index (χ4v) is 17.8. The highest BCUT2D eigenvalue weighted by Crippen LogP contribution is 2.46. The van der Waals surface area contributed by atoms with E-state index in [9.17, 15) is 0 Å². The lowest BCUT2D eigenvalue weighted by molar-refractivity contribution is 0.118. The van der Waals surface area contributed by atoms with Gasteiger partial charge in [-0.25, -0.2) is 0 Å². The molecule has 3 saturated carbocycles. The minimum Gasteiger partial charge on any atom is -0.0628 e. The number of hydrogen-bond donors (Lipinski definition) is 0. The first-order chi connectivity index (χ1) is 34.4. The summed E-state index contributed by atoms with van der Waals surface area (Å²) in [5.41, 5.74) is 0. The molecule has 3 aliphatic rings. The maximum Gasteiger partial charge on any atom is -0.0381 e. The van der Waals surface area contributed by atoms with Crippen LogP contribution in [0.2, 0.25) is 0 Å². The van der Waals surface area contributed by atoms with Crippen LogP contribution in [0.15, 0.2) is 0 Å². The van der Waals surface area contributed by atoms with Gasteiger partial charge in [0.2, 0.25) is 0 Å². The third-order valence-electron chi connectivity index (χ3n) is 20.6. The van der Waals surface area contributed by atoms with Gasteiger partial charge in [0.25, 0.3) is 0 Å². The fourth-order valence-electron chi connectivity index (χ4n) is 17.8. The summed E-state index contributed by atoms with van der Waals surface area (Å²) in [6, 6.07) is 0. The van der Waals surface area contributed by atoms with E-state index in [2.05, 4.69) is 132 Å². The van der Waals surface area contributed by atoms with E-state index in [0.29, 0.717) is 0 Å².